The van der Waals surface area contributed by atoms with E-state index in [1.165, 1.54) is 6.21 Å². The lowest BCUT2D eigenvalue weighted by atomic mass is 10.1. The molecule has 0 aliphatic rings. The molecule has 0 aliphatic carbocycles. The van der Waals surface area contributed by atoms with Gasteiger partial charge in [-0.25, -0.2) is 0 Å². The van der Waals surface area contributed by atoms with E-state index in [9.17, 15) is 8.42 Å². The molecule has 0 bridgehead atoms. The molecule has 4 rings (SSSR count). The van der Waals surface area contributed by atoms with Crippen molar-refractivity contribution in [2.45, 2.75) is 25.7 Å². The molecule has 0 saturated carbocycles. The zero-order valence-corrected chi connectivity index (χ0v) is 18.5. The highest BCUT2D eigenvalue weighted by molar-refractivity contribution is 7.90. The zero-order chi connectivity index (χ0) is 22.0. The van der Waals surface area contributed by atoms with Crippen LogP contribution < -0.4 is 0 Å². The molecule has 0 aliphatic heterocycles. The van der Waals surface area contributed by atoms with Gasteiger partial charge in [0.05, 0.1) is 11.1 Å². The first-order chi connectivity index (χ1) is 14.8. The predicted octanol–water partition coefficient (Wildman–Crippen LogP) is 6.35. The van der Waals surface area contributed by atoms with Gasteiger partial charge in [0.25, 0.3) is 10.0 Å². The molecule has 1 heterocycles. The summed E-state index contributed by atoms with van der Waals surface area (Å²) < 4.78 is 35.5. The molecular weight excluding hydrogens is 406 g/mol. The van der Waals surface area contributed by atoms with Crippen molar-refractivity contribution < 1.29 is 12.8 Å². The second-order valence-corrected chi connectivity index (χ2v) is 9.28. The van der Waals surface area contributed by atoms with Crippen molar-refractivity contribution in [2.75, 3.05) is 0 Å². The van der Waals surface area contributed by atoms with Crippen LogP contribution in [-0.4, -0.2) is 14.6 Å². The van der Waals surface area contributed by atoms with Crippen LogP contribution in [0, 0.1) is 20.8 Å². The van der Waals surface area contributed by atoms with Crippen LogP contribution in [-0.2, 0) is 10.0 Å². The maximum atomic E-state index is 12.7. The van der Waals surface area contributed by atoms with Crippen LogP contribution in [0.15, 0.2) is 92.6 Å². The van der Waals surface area contributed by atoms with Gasteiger partial charge >= 0.3 is 0 Å². The van der Waals surface area contributed by atoms with E-state index in [1.54, 1.807) is 24.3 Å². The number of benzene rings is 3. The average Bonchev–Trinajstić information content (AvgIpc) is 3.18. The van der Waals surface area contributed by atoms with Crippen LogP contribution in [0.4, 0.5) is 0 Å². The number of rotatable bonds is 5. The van der Waals surface area contributed by atoms with Gasteiger partial charge in [-0.15, -0.1) is 0 Å². The molecular formula is C26H23NO3S. The lowest BCUT2D eigenvalue weighted by molar-refractivity contribution is 0.597. The summed E-state index contributed by atoms with van der Waals surface area (Å²) in [4.78, 5) is 0.161. The van der Waals surface area contributed by atoms with Crippen LogP contribution in [0.5, 0.6) is 0 Å². The molecule has 0 radical (unpaired) electrons. The minimum absolute atomic E-state index is 0.161. The van der Waals surface area contributed by atoms with Crippen molar-refractivity contribution in [1.82, 2.24) is 0 Å². The summed E-state index contributed by atoms with van der Waals surface area (Å²) in [6.07, 6.45) is 1.37. The maximum Gasteiger partial charge on any atom is 0.282 e. The van der Waals surface area contributed by atoms with Gasteiger partial charge in [0, 0.05) is 16.7 Å². The Labute approximate surface area is 183 Å². The van der Waals surface area contributed by atoms with Gasteiger partial charge in [-0.05, 0) is 39.0 Å². The molecule has 0 atom stereocenters. The monoisotopic (exact) mass is 429 g/mol. The fourth-order valence-electron chi connectivity index (χ4n) is 3.19. The van der Waals surface area contributed by atoms with Crippen LogP contribution >= 0.6 is 0 Å². The van der Waals surface area contributed by atoms with Crippen LogP contribution in [0.2, 0.25) is 0 Å². The van der Waals surface area contributed by atoms with Gasteiger partial charge < -0.3 is 4.42 Å². The number of hydrogen-bond acceptors (Lipinski definition) is 3. The fraction of sp³-hybridized carbons (Fsp3) is 0.115. The Balaban J connectivity index is 1.77. The summed E-state index contributed by atoms with van der Waals surface area (Å²) in [5.74, 6) is 1.24. The first-order valence-corrected chi connectivity index (χ1v) is 11.4. The quantitative estimate of drug-likeness (QED) is 0.348. The summed E-state index contributed by atoms with van der Waals surface area (Å²) in [5, 5.41) is 0. The summed E-state index contributed by atoms with van der Waals surface area (Å²) in [6, 6.07) is 24.4. The van der Waals surface area contributed by atoms with Gasteiger partial charge in [-0.3, -0.25) is 0 Å². The molecule has 3 aromatic carbocycles. The van der Waals surface area contributed by atoms with Crippen LogP contribution in [0.25, 0.3) is 22.6 Å². The predicted molar refractivity (Wildman–Crippen MR) is 125 cm³/mol. The molecule has 0 unspecified atom stereocenters. The second kappa shape index (κ2) is 8.36. The van der Waals surface area contributed by atoms with E-state index in [0.717, 1.165) is 27.8 Å². The third-order valence-corrected chi connectivity index (χ3v) is 6.31. The number of furan rings is 1. The van der Waals surface area contributed by atoms with E-state index >= 15 is 0 Å². The maximum absolute atomic E-state index is 12.7. The topological polar surface area (TPSA) is 59.6 Å². The van der Waals surface area contributed by atoms with Gasteiger partial charge in [-0.2, -0.15) is 12.8 Å². The highest BCUT2D eigenvalue weighted by Gasteiger charge is 2.16. The van der Waals surface area contributed by atoms with E-state index in [2.05, 4.69) is 4.40 Å². The molecule has 5 heteroatoms. The Kier molecular flexibility index (Phi) is 5.61. The average molecular weight is 430 g/mol. The van der Waals surface area contributed by atoms with E-state index in [1.807, 2.05) is 75.4 Å². The summed E-state index contributed by atoms with van der Waals surface area (Å²) in [7, 11) is -3.81. The van der Waals surface area contributed by atoms with Gasteiger partial charge in [-0.1, -0.05) is 77.4 Å². The Morgan fingerprint density at radius 1 is 0.710 bits per heavy atom. The molecule has 0 amide bonds. The molecule has 0 N–H and O–H groups in total. The van der Waals surface area contributed by atoms with E-state index < -0.39 is 10.0 Å². The summed E-state index contributed by atoms with van der Waals surface area (Å²) in [5.41, 5.74) is 5.65. The van der Waals surface area contributed by atoms with Crippen molar-refractivity contribution in [2.24, 2.45) is 4.40 Å². The van der Waals surface area contributed by atoms with Crippen molar-refractivity contribution in [3.8, 4) is 22.6 Å². The van der Waals surface area contributed by atoms with Crippen molar-refractivity contribution in [3.05, 3.63) is 101 Å². The second-order valence-electron chi connectivity index (χ2n) is 7.65. The lowest BCUT2D eigenvalue weighted by Gasteiger charge is -2.01. The Bertz CT molecular complexity index is 1330. The minimum atomic E-state index is -3.81. The zero-order valence-electron chi connectivity index (χ0n) is 17.7. The minimum Gasteiger partial charge on any atom is -0.455 e. The van der Waals surface area contributed by atoms with Crippen LogP contribution in [0.3, 0.4) is 0 Å². The van der Waals surface area contributed by atoms with Crippen molar-refractivity contribution >= 4 is 16.2 Å². The van der Waals surface area contributed by atoms with Crippen molar-refractivity contribution in [1.29, 1.82) is 0 Å². The number of sulfonamides is 1. The molecule has 4 aromatic rings. The number of aryl methyl sites for hydroxylation is 3. The Morgan fingerprint density at radius 2 is 1.19 bits per heavy atom. The number of hydrogen-bond donors (Lipinski definition) is 0. The first kappa shape index (κ1) is 20.8. The first-order valence-electron chi connectivity index (χ1n) is 9.97. The largest absolute Gasteiger partial charge is 0.455 e. The lowest BCUT2D eigenvalue weighted by Crippen LogP contribution is -1.98. The SMILES string of the molecule is Cc1ccc(-c2cc(/C=N/S(=O)(=O)c3ccc(C)cc3)c(-c3ccc(C)cc3)o2)cc1. The standard InChI is InChI=1S/C26H23NO3S/c1-18-4-10-21(11-5-18)25-16-23(26(30-25)22-12-6-19(2)7-13-22)17-27-31(28,29)24-14-8-20(3)9-15-24/h4-17H,1-3H3/b27-17+. The van der Waals surface area contributed by atoms with Gasteiger partial charge in [0.1, 0.15) is 11.5 Å². The molecule has 4 nitrogen and oxygen atoms in total. The third-order valence-electron chi connectivity index (χ3n) is 5.06. The summed E-state index contributed by atoms with van der Waals surface area (Å²) in [6.45, 7) is 5.95. The smallest absolute Gasteiger partial charge is 0.282 e. The molecule has 0 spiro atoms. The third kappa shape index (κ3) is 4.67. The molecule has 1 aromatic heterocycles. The molecule has 31 heavy (non-hydrogen) atoms. The highest BCUT2D eigenvalue weighted by Crippen LogP contribution is 2.32. The van der Waals surface area contributed by atoms with Gasteiger partial charge in [0.15, 0.2) is 0 Å². The Hall–Kier alpha value is -3.44. The highest BCUT2D eigenvalue weighted by atomic mass is 32.2. The Morgan fingerprint density at radius 3 is 1.74 bits per heavy atom. The van der Waals surface area contributed by atoms with E-state index in [0.29, 0.717) is 17.1 Å². The fourth-order valence-corrected chi connectivity index (χ4v) is 4.04. The van der Waals surface area contributed by atoms with E-state index in [4.69, 9.17) is 4.42 Å². The van der Waals surface area contributed by atoms with Crippen LogP contribution in [0.1, 0.15) is 22.3 Å². The summed E-state index contributed by atoms with van der Waals surface area (Å²) >= 11 is 0. The molecule has 156 valence electrons. The van der Waals surface area contributed by atoms with Crippen molar-refractivity contribution in [3.63, 3.8) is 0 Å². The number of nitrogens with zero attached hydrogens (tertiary/aromatic N) is 1. The van der Waals surface area contributed by atoms with Gasteiger partial charge in [0.2, 0.25) is 0 Å². The normalized spacial score (nSPS) is 11.8. The molecule has 0 fully saturated rings. The molecule has 0 saturated heterocycles. The van der Waals surface area contributed by atoms with E-state index in [-0.39, 0.29) is 4.90 Å².